The zero-order valence-corrected chi connectivity index (χ0v) is 13.7. The summed E-state index contributed by atoms with van der Waals surface area (Å²) in [6.45, 7) is 0. The third-order valence-corrected chi connectivity index (χ3v) is 3.81. The van der Waals surface area contributed by atoms with Crippen LogP contribution in [0.2, 0.25) is 0 Å². The van der Waals surface area contributed by atoms with Crippen molar-refractivity contribution in [2.24, 2.45) is 0 Å². The van der Waals surface area contributed by atoms with Crippen LogP contribution in [0.4, 0.5) is 0 Å². The summed E-state index contributed by atoms with van der Waals surface area (Å²) in [6, 6.07) is 14.6. The summed E-state index contributed by atoms with van der Waals surface area (Å²) >= 11 is 0. The van der Waals surface area contributed by atoms with Crippen molar-refractivity contribution in [1.29, 1.82) is 0 Å². The van der Waals surface area contributed by atoms with Crippen LogP contribution >= 0.6 is 0 Å². The second kappa shape index (κ2) is 6.58. The van der Waals surface area contributed by atoms with Crippen molar-refractivity contribution in [2.45, 2.75) is 0 Å². The zero-order chi connectivity index (χ0) is 17.1. The molecule has 122 valence electrons. The fourth-order valence-electron chi connectivity index (χ4n) is 2.60. The summed E-state index contributed by atoms with van der Waals surface area (Å²) in [7, 11) is 4.55. The molecule has 0 saturated heterocycles. The van der Waals surface area contributed by atoms with Crippen LogP contribution in [0.3, 0.4) is 0 Å². The first-order valence-corrected chi connectivity index (χ1v) is 7.38. The van der Waals surface area contributed by atoms with Gasteiger partial charge in [-0.15, -0.1) is 0 Å². The van der Waals surface area contributed by atoms with Crippen molar-refractivity contribution in [1.82, 2.24) is 4.98 Å². The topological polar surface area (TPSA) is 57.7 Å². The lowest BCUT2D eigenvalue weighted by atomic mass is 10.0. The zero-order valence-electron chi connectivity index (χ0n) is 13.7. The number of carbonyl (C=O) groups excluding carboxylic acids is 1. The van der Waals surface area contributed by atoms with Gasteiger partial charge in [-0.3, -0.25) is 0 Å². The molecule has 2 aromatic carbocycles. The van der Waals surface area contributed by atoms with E-state index in [0.29, 0.717) is 28.3 Å². The maximum absolute atomic E-state index is 12.2. The molecule has 0 fully saturated rings. The minimum Gasteiger partial charge on any atom is -0.497 e. The molecule has 5 nitrogen and oxygen atoms in total. The van der Waals surface area contributed by atoms with Gasteiger partial charge in [0.15, 0.2) is 0 Å². The van der Waals surface area contributed by atoms with Crippen LogP contribution in [0.5, 0.6) is 11.5 Å². The summed E-state index contributed by atoms with van der Waals surface area (Å²) < 4.78 is 15.6. The molecule has 5 heteroatoms. The van der Waals surface area contributed by atoms with Gasteiger partial charge in [0.2, 0.25) is 0 Å². The molecule has 0 radical (unpaired) electrons. The minimum atomic E-state index is -0.401. The van der Waals surface area contributed by atoms with E-state index in [9.17, 15) is 4.79 Å². The number of para-hydroxylation sites is 1. The Morgan fingerprint density at radius 3 is 2.46 bits per heavy atom. The van der Waals surface area contributed by atoms with E-state index in [-0.39, 0.29) is 0 Å². The predicted octanol–water partition coefficient (Wildman–Crippen LogP) is 3.71. The summed E-state index contributed by atoms with van der Waals surface area (Å²) in [6.07, 6.45) is 0. The Hall–Kier alpha value is -3.08. The first-order chi connectivity index (χ1) is 11.7. The van der Waals surface area contributed by atoms with Gasteiger partial charge in [0.05, 0.1) is 38.1 Å². The Labute approximate surface area is 139 Å². The molecular formula is C19H17NO4. The van der Waals surface area contributed by atoms with Crippen molar-refractivity contribution < 1.29 is 19.0 Å². The molecular weight excluding hydrogens is 306 g/mol. The van der Waals surface area contributed by atoms with Crippen LogP contribution in [0.25, 0.3) is 22.2 Å². The van der Waals surface area contributed by atoms with Crippen LogP contribution in [0.1, 0.15) is 10.4 Å². The third kappa shape index (κ3) is 2.76. The quantitative estimate of drug-likeness (QED) is 0.685. The van der Waals surface area contributed by atoms with E-state index in [0.717, 1.165) is 10.9 Å². The van der Waals surface area contributed by atoms with Crippen LogP contribution in [-0.4, -0.2) is 32.3 Å². The molecule has 0 spiro atoms. The molecule has 3 rings (SSSR count). The van der Waals surface area contributed by atoms with Crippen LogP contribution in [0, 0.1) is 0 Å². The number of methoxy groups -OCH3 is 3. The highest BCUT2D eigenvalue weighted by Gasteiger charge is 2.16. The lowest BCUT2D eigenvalue weighted by Gasteiger charge is -2.12. The molecule has 0 N–H and O–H groups in total. The summed E-state index contributed by atoms with van der Waals surface area (Å²) in [5, 5.41) is 0.751. The number of benzene rings is 2. The highest BCUT2D eigenvalue weighted by molar-refractivity contribution is 6.04. The molecule has 3 aromatic rings. The largest absolute Gasteiger partial charge is 0.497 e. The molecule has 0 saturated carbocycles. The van der Waals surface area contributed by atoms with Gasteiger partial charge < -0.3 is 14.2 Å². The van der Waals surface area contributed by atoms with Crippen LogP contribution < -0.4 is 9.47 Å². The van der Waals surface area contributed by atoms with E-state index in [1.807, 2.05) is 36.4 Å². The van der Waals surface area contributed by atoms with E-state index in [4.69, 9.17) is 14.2 Å². The monoisotopic (exact) mass is 323 g/mol. The SMILES string of the molecule is COC(=O)c1cc(-c2ccc(OC)cc2OC)nc2ccccc12. The predicted molar refractivity (Wildman–Crippen MR) is 91.6 cm³/mol. The maximum Gasteiger partial charge on any atom is 0.338 e. The first-order valence-electron chi connectivity index (χ1n) is 7.38. The molecule has 0 aliphatic carbocycles. The Morgan fingerprint density at radius 1 is 0.958 bits per heavy atom. The first kappa shape index (κ1) is 15.8. The third-order valence-electron chi connectivity index (χ3n) is 3.81. The smallest absolute Gasteiger partial charge is 0.338 e. The van der Waals surface area contributed by atoms with Gasteiger partial charge in [-0.05, 0) is 24.3 Å². The maximum atomic E-state index is 12.2. The van der Waals surface area contributed by atoms with Crippen molar-refractivity contribution in [3.05, 3.63) is 54.1 Å². The number of hydrogen-bond acceptors (Lipinski definition) is 5. The Balaban J connectivity index is 2.25. The normalized spacial score (nSPS) is 10.5. The van der Waals surface area contributed by atoms with E-state index in [1.54, 1.807) is 26.4 Å². The number of aromatic nitrogens is 1. The lowest BCUT2D eigenvalue weighted by molar-refractivity contribution is 0.0603. The fourth-order valence-corrected chi connectivity index (χ4v) is 2.60. The number of rotatable bonds is 4. The Kier molecular flexibility index (Phi) is 4.33. The fraction of sp³-hybridized carbons (Fsp3) is 0.158. The average molecular weight is 323 g/mol. The standard InChI is InChI=1S/C19H17NO4/c1-22-12-8-9-14(18(10-12)23-2)17-11-15(19(21)24-3)13-6-4-5-7-16(13)20-17/h4-11H,1-3H3. The molecule has 0 amide bonds. The average Bonchev–Trinajstić information content (AvgIpc) is 2.65. The molecule has 0 aliphatic rings. The number of carbonyl (C=O) groups is 1. The molecule has 0 bridgehead atoms. The van der Waals surface area contributed by atoms with E-state index in [1.165, 1.54) is 7.11 Å². The van der Waals surface area contributed by atoms with Gasteiger partial charge in [0.1, 0.15) is 11.5 Å². The molecule has 0 aliphatic heterocycles. The Bertz CT molecular complexity index is 905. The number of pyridine rings is 1. The van der Waals surface area contributed by atoms with Gasteiger partial charge >= 0.3 is 5.97 Å². The van der Waals surface area contributed by atoms with E-state index < -0.39 is 5.97 Å². The van der Waals surface area contributed by atoms with E-state index in [2.05, 4.69) is 4.98 Å². The Morgan fingerprint density at radius 2 is 1.75 bits per heavy atom. The van der Waals surface area contributed by atoms with Gasteiger partial charge in [-0.1, -0.05) is 18.2 Å². The van der Waals surface area contributed by atoms with Crippen molar-refractivity contribution in [3.8, 4) is 22.8 Å². The van der Waals surface area contributed by atoms with Gasteiger partial charge in [-0.25, -0.2) is 9.78 Å². The van der Waals surface area contributed by atoms with Crippen LogP contribution in [-0.2, 0) is 4.74 Å². The number of ether oxygens (including phenoxy) is 3. The number of nitrogens with zero attached hydrogens (tertiary/aromatic N) is 1. The highest BCUT2D eigenvalue weighted by Crippen LogP contribution is 2.34. The lowest BCUT2D eigenvalue weighted by Crippen LogP contribution is -2.04. The molecule has 1 heterocycles. The molecule has 0 unspecified atom stereocenters. The highest BCUT2D eigenvalue weighted by atomic mass is 16.5. The van der Waals surface area contributed by atoms with Gasteiger partial charge in [0.25, 0.3) is 0 Å². The number of fused-ring (bicyclic) bond motifs is 1. The summed E-state index contributed by atoms with van der Waals surface area (Å²) in [5.41, 5.74) is 2.59. The number of hydrogen-bond donors (Lipinski definition) is 0. The minimum absolute atomic E-state index is 0.401. The van der Waals surface area contributed by atoms with Crippen molar-refractivity contribution in [2.75, 3.05) is 21.3 Å². The van der Waals surface area contributed by atoms with Gasteiger partial charge in [-0.2, -0.15) is 0 Å². The molecule has 24 heavy (non-hydrogen) atoms. The van der Waals surface area contributed by atoms with Crippen LogP contribution in [0.15, 0.2) is 48.5 Å². The van der Waals surface area contributed by atoms with Gasteiger partial charge in [0, 0.05) is 17.0 Å². The molecule has 0 atom stereocenters. The van der Waals surface area contributed by atoms with Crippen molar-refractivity contribution >= 4 is 16.9 Å². The van der Waals surface area contributed by atoms with E-state index >= 15 is 0 Å². The molecule has 1 aromatic heterocycles. The number of esters is 1. The second-order valence-corrected chi connectivity index (χ2v) is 5.13. The summed E-state index contributed by atoms with van der Waals surface area (Å²) in [5.74, 6) is 0.903. The second-order valence-electron chi connectivity index (χ2n) is 5.13. The van der Waals surface area contributed by atoms with Crippen molar-refractivity contribution in [3.63, 3.8) is 0 Å². The summed E-state index contributed by atoms with van der Waals surface area (Å²) in [4.78, 5) is 16.8.